The molecule has 0 spiro atoms. The molecule has 0 saturated carbocycles. The molecule has 0 aromatic rings. The van der Waals surface area contributed by atoms with Crippen LogP contribution in [0.5, 0.6) is 0 Å². The van der Waals surface area contributed by atoms with Crippen LogP contribution in [-0.2, 0) is 42.9 Å². The van der Waals surface area contributed by atoms with E-state index in [9.17, 15) is 24.0 Å². The van der Waals surface area contributed by atoms with Crippen LogP contribution in [-0.4, -0.2) is 73.7 Å². The quantitative estimate of drug-likeness (QED) is 0.284. The molecule has 1 aliphatic heterocycles. The van der Waals surface area contributed by atoms with Crippen LogP contribution in [0.2, 0.25) is 0 Å². The highest BCUT2D eigenvalue weighted by Crippen LogP contribution is 2.28. The fraction of sp³-hybridized carbons (Fsp3) is 0.737. The van der Waals surface area contributed by atoms with Gasteiger partial charge in [-0.3, -0.25) is 19.2 Å². The van der Waals surface area contributed by atoms with E-state index in [1.165, 1.54) is 6.92 Å². The number of rotatable bonds is 9. The second-order valence-electron chi connectivity index (χ2n) is 6.88. The SMILES string of the molecule is CCCCNC(=O)N[C@H]1[C@@H](OC(C)=O)O[C@H](COC(C)=O)[C@@H](OC(C)=O)[C@@H]1OC(C)=O. The Hall–Kier alpha value is -2.89. The monoisotopic (exact) mass is 446 g/mol. The van der Waals surface area contributed by atoms with Gasteiger partial charge in [0.1, 0.15) is 18.8 Å². The number of hydrogen-bond donors (Lipinski definition) is 2. The molecule has 176 valence electrons. The molecule has 0 aromatic carbocycles. The molecule has 12 heteroatoms. The van der Waals surface area contributed by atoms with Gasteiger partial charge in [-0.2, -0.15) is 0 Å². The number of carbonyl (C=O) groups excluding carboxylic acids is 5. The van der Waals surface area contributed by atoms with Crippen LogP contribution in [0.25, 0.3) is 0 Å². The first kappa shape index (κ1) is 26.1. The Balaban J connectivity index is 3.24. The van der Waals surface area contributed by atoms with Crippen molar-refractivity contribution in [2.45, 2.75) is 78.1 Å². The molecule has 1 heterocycles. The van der Waals surface area contributed by atoms with Crippen molar-refractivity contribution in [3.63, 3.8) is 0 Å². The van der Waals surface area contributed by atoms with Crippen molar-refractivity contribution >= 4 is 29.9 Å². The fourth-order valence-electron chi connectivity index (χ4n) is 2.90. The molecule has 1 rings (SSSR count). The lowest BCUT2D eigenvalue weighted by Crippen LogP contribution is -2.67. The number of carbonyl (C=O) groups is 5. The lowest BCUT2D eigenvalue weighted by atomic mass is 9.96. The molecule has 0 aromatic heterocycles. The molecule has 5 atom stereocenters. The minimum absolute atomic E-state index is 0.377. The van der Waals surface area contributed by atoms with Crippen molar-refractivity contribution in [3.8, 4) is 0 Å². The number of nitrogens with one attached hydrogen (secondary N) is 2. The van der Waals surface area contributed by atoms with Crippen molar-refractivity contribution in [3.05, 3.63) is 0 Å². The van der Waals surface area contributed by atoms with Crippen LogP contribution in [0, 0.1) is 0 Å². The summed E-state index contributed by atoms with van der Waals surface area (Å²) in [5, 5.41) is 5.17. The van der Waals surface area contributed by atoms with Crippen LogP contribution in [0.4, 0.5) is 4.79 Å². The lowest BCUT2D eigenvalue weighted by Gasteiger charge is -2.44. The van der Waals surface area contributed by atoms with E-state index in [2.05, 4.69) is 10.6 Å². The van der Waals surface area contributed by atoms with Gasteiger partial charge in [-0.25, -0.2) is 4.79 Å². The third-order valence-corrected chi connectivity index (χ3v) is 4.10. The van der Waals surface area contributed by atoms with Gasteiger partial charge in [-0.1, -0.05) is 13.3 Å². The van der Waals surface area contributed by atoms with Gasteiger partial charge in [-0.05, 0) is 6.42 Å². The molecule has 1 aliphatic rings. The molecule has 2 amide bonds. The van der Waals surface area contributed by atoms with E-state index in [-0.39, 0.29) is 6.61 Å². The Bertz CT molecular complexity index is 668. The van der Waals surface area contributed by atoms with Gasteiger partial charge in [0.15, 0.2) is 12.2 Å². The Morgan fingerprint density at radius 3 is 1.94 bits per heavy atom. The highest BCUT2D eigenvalue weighted by molar-refractivity contribution is 5.75. The summed E-state index contributed by atoms with van der Waals surface area (Å²) in [7, 11) is 0. The van der Waals surface area contributed by atoms with Crippen molar-refractivity contribution < 1.29 is 47.7 Å². The first-order valence-electron chi connectivity index (χ1n) is 9.90. The van der Waals surface area contributed by atoms with E-state index >= 15 is 0 Å². The topological polar surface area (TPSA) is 156 Å². The predicted octanol–water partition coefficient (Wildman–Crippen LogP) is 0.169. The molecule has 0 radical (unpaired) electrons. The van der Waals surface area contributed by atoms with Gasteiger partial charge in [0.2, 0.25) is 6.29 Å². The molecule has 1 saturated heterocycles. The van der Waals surface area contributed by atoms with Gasteiger partial charge in [0, 0.05) is 34.2 Å². The van der Waals surface area contributed by atoms with E-state index < -0.39 is 60.6 Å². The Morgan fingerprint density at radius 1 is 0.839 bits per heavy atom. The van der Waals surface area contributed by atoms with Gasteiger partial charge < -0.3 is 34.3 Å². The zero-order valence-corrected chi connectivity index (χ0v) is 18.3. The van der Waals surface area contributed by atoms with Crippen molar-refractivity contribution in [1.82, 2.24) is 10.6 Å². The molecular weight excluding hydrogens is 416 g/mol. The summed E-state index contributed by atoms with van der Waals surface area (Å²) in [5.41, 5.74) is 0. The minimum Gasteiger partial charge on any atom is -0.463 e. The molecular formula is C19H30N2O10. The van der Waals surface area contributed by atoms with E-state index in [0.29, 0.717) is 6.54 Å². The normalized spacial score (nSPS) is 25.0. The van der Waals surface area contributed by atoms with Gasteiger partial charge in [0.05, 0.1) is 0 Å². The van der Waals surface area contributed by atoms with Crippen molar-refractivity contribution in [1.29, 1.82) is 0 Å². The maximum Gasteiger partial charge on any atom is 0.315 e. The van der Waals surface area contributed by atoms with Crippen molar-refractivity contribution in [2.75, 3.05) is 13.2 Å². The molecule has 12 nitrogen and oxygen atoms in total. The summed E-state index contributed by atoms with van der Waals surface area (Å²) in [6.45, 7) is 6.51. The third-order valence-electron chi connectivity index (χ3n) is 4.10. The Labute approximate surface area is 180 Å². The summed E-state index contributed by atoms with van der Waals surface area (Å²) in [6.07, 6.45) is -3.51. The number of esters is 4. The summed E-state index contributed by atoms with van der Waals surface area (Å²) in [6, 6.07) is -1.84. The molecule has 0 aliphatic carbocycles. The average Bonchev–Trinajstić information content (AvgIpc) is 2.64. The zero-order valence-electron chi connectivity index (χ0n) is 18.3. The van der Waals surface area contributed by atoms with Crippen molar-refractivity contribution in [2.24, 2.45) is 0 Å². The highest BCUT2D eigenvalue weighted by Gasteiger charge is 2.52. The van der Waals surface area contributed by atoms with E-state index in [4.69, 9.17) is 23.7 Å². The van der Waals surface area contributed by atoms with Crippen LogP contribution in [0.3, 0.4) is 0 Å². The van der Waals surface area contributed by atoms with Gasteiger partial charge >= 0.3 is 29.9 Å². The summed E-state index contributed by atoms with van der Waals surface area (Å²) >= 11 is 0. The molecule has 0 unspecified atom stereocenters. The lowest BCUT2D eigenvalue weighted by molar-refractivity contribution is -0.270. The second-order valence-corrected chi connectivity index (χ2v) is 6.88. The smallest absolute Gasteiger partial charge is 0.315 e. The predicted molar refractivity (Wildman–Crippen MR) is 103 cm³/mol. The number of ether oxygens (including phenoxy) is 5. The highest BCUT2D eigenvalue weighted by atomic mass is 16.7. The Kier molecular flexibility index (Phi) is 10.7. The summed E-state index contributed by atoms with van der Waals surface area (Å²) < 4.78 is 26.4. The van der Waals surface area contributed by atoms with Gasteiger partial charge in [0.25, 0.3) is 0 Å². The van der Waals surface area contributed by atoms with Crippen LogP contribution >= 0.6 is 0 Å². The summed E-state index contributed by atoms with van der Waals surface area (Å²) in [5.74, 6) is -2.83. The first-order chi connectivity index (χ1) is 14.5. The standard InChI is InChI=1S/C19H30N2O10/c1-6-7-8-20-19(26)21-15-17(29-12(4)24)16(28-11(3)23)14(9-27-10(2)22)31-18(15)30-13(5)25/h14-18H,6-9H2,1-5H3,(H2,20,21,26)/t14-,15-,16-,17-,18+/m1/s1. The van der Waals surface area contributed by atoms with Gasteiger partial charge in [-0.15, -0.1) is 0 Å². The second kappa shape index (κ2) is 12.7. The molecule has 2 N–H and O–H groups in total. The summed E-state index contributed by atoms with van der Waals surface area (Å²) in [4.78, 5) is 58.6. The third kappa shape index (κ3) is 9.20. The average molecular weight is 446 g/mol. The van der Waals surface area contributed by atoms with Crippen LogP contribution in [0.15, 0.2) is 0 Å². The Morgan fingerprint density at radius 2 is 1.42 bits per heavy atom. The fourth-order valence-corrected chi connectivity index (χ4v) is 2.90. The first-order valence-corrected chi connectivity index (χ1v) is 9.90. The van der Waals surface area contributed by atoms with Crippen LogP contribution in [0.1, 0.15) is 47.5 Å². The molecule has 31 heavy (non-hydrogen) atoms. The maximum atomic E-state index is 12.3. The minimum atomic E-state index is -1.41. The van der Waals surface area contributed by atoms with E-state index in [1.54, 1.807) is 0 Å². The van der Waals surface area contributed by atoms with E-state index in [0.717, 1.165) is 33.6 Å². The zero-order chi connectivity index (χ0) is 23.6. The largest absolute Gasteiger partial charge is 0.463 e. The number of unbranched alkanes of at least 4 members (excludes halogenated alkanes) is 1. The van der Waals surface area contributed by atoms with E-state index in [1.807, 2.05) is 6.92 Å². The number of hydrogen-bond acceptors (Lipinski definition) is 10. The maximum absolute atomic E-state index is 12.3. The number of urea groups is 1. The molecule has 0 bridgehead atoms. The van der Waals surface area contributed by atoms with Crippen LogP contribution < -0.4 is 10.6 Å². The molecule has 1 fully saturated rings. The number of amides is 2.